The molecule has 2 rings (SSSR count). The van der Waals surface area contributed by atoms with Crippen molar-refractivity contribution in [2.45, 2.75) is 13.2 Å². The summed E-state index contributed by atoms with van der Waals surface area (Å²) in [6.07, 6.45) is 1.67. The molecule has 0 unspecified atom stereocenters. The molecular formula is C15H18N2O2. The van der Waals surface area contributed by atoms with Crippen molar-refractivity contribution in [2.75, 3.05) is 19.0 Å². The van der Waals surface area contributed by atoms with Gasteiger partial charge in [-0.1, -0.05) is 6.07 Å². The number of aromatic nitrogens is 1. The standard InChI is InChI=1S/C15H18N2O2/c1-17(2)13-3-4-14(12(8-13)10-19)15-7-11(9-18)5-6-16-15/h3-8,18-19H,9-10H2,1-2H3. The van der Waals surface area contributed by atoms with Crippen LogP contribution in [0.2, 0.25) is 0 Å². The van der Waals surface area contributed by atoms with Gasteiger partial charge in [-0.25, -0.2) is 0 Å². The van der Waals surface area contributed by atoms with Gasteiger partial charge in [0.15, 0.2) is 0 Å². The molecule has 0 saturated carbocycles. The van der Waals surface area contributed by atoms with Gasteiger partial charge in [-0.15, -0.1) is 0 Å². The second kappa shape index (κ2) is 5.82. The Balaban J connectivity index is 2.49. The summed E-state index contributed by atoms with van der Waals surface area (Å²) in [6.45, 7) is -0.0538. The van der Waals surface area contributed by atoms with Gasteiger partial charge in [0.1, 0.15) is 0 Å². The Morgan fingerprint density at radius 2 is 1.84 bits per heavy atom. The Morgan fingerprint density at radius 1 is 1.05 bits per heavy atom. The minimum atomic E-state index is -0.0396. The van der Waals surface area contributed by atoms with Crippen molar-refractivity contribution in [3.8, 4) is 11.3 Å². The maximum Gasteiger partial charge on any atom is 0.0709 e. The lowest BCUT2D eigenvalue weighted by Crippen LogP contribution is -2.09. The topological polar surface area (TPSA) is 56.6 Å². The monoisotopic (exact) mass is 258 g/mol. The molecule has 2 N–H and O–H groups in total. The van der Waals surface area contributed by atoms with Crippen molar-refractivity contribution in [2.24, 2.45) is 0 Å². The number of benzene rings is 1. The minimum absolute atomic E-state index is 0.0141. The number of pyridine rings is 1. The first-order valence-electron chi connectivity index (χ1n) is 6.13. The summed E-state index contributed by atoms with van der Waals surface area (Å²) < 4.78 is 0. The minimum Gasteiger partial charge on any atom is -0.392 e. The summed E-state index contributed by atoms with van der Waals surface area (Å²) in [7, 11) is 3.92. The van der Waals surface area contributed by atoms with Crippen LogP contribution in [0.15, 0.2) is 36.5 Å². The highest BCUT2D eigenvalue weighted by molar-refractivity contribution is 5.68. The zero-order valence-corrected chi connectivity index (χ0v) is 11.2. The van der Waals surface area contributed by atoms with E-state index < -0.39 is 0 Å². The number of rotatable bonds is 4. The van der Waals surface area contributed by atoms with Gasteiger partial charge in [0, 0.05) is 31.5 Å². The first-order chi connectivity index (χ1) is 9.15. The van der Waals surface area contributed by atoms with Crippen LogP contribution < -0.4 is 4.90 Å². The Kier molecular flexibility index (Phi) is 4.14. The molecule has 0 spiro atoms. The number of nitrogens with zero attached hydrogens (tertiary/aromatic N) is 2. The van der Waals surface area contributed by atoms with Crippen molar-refractivity contribution in [3.05, 3.63) is 47.7 Å². The second-order valence-electron chi connectivity index (χ2n) is 4.60. The average Bonchev–Trinajstić information content (AvgIpc) is 2.46. The van der Waals surface area contributed by atoms with E-state index in [0.29, 0.717) is 0 Å². The molecule has 4 nitrogen and oxygen atoms in total. The molecule has 0 fully saturated rings. The van der Waals surface area contributed by atoms with Crippen LogP contribution in [-0.4, -0.2) is 29.3 Å². The molecular weight excluding hydrogens is 240 g/mol. The van der Waals surface area contributed by atoms with Crippen LogP contribution in [0.1, 0.15) is 11.1 Å². The van der Waals surface area contributed by atoms with Crippen molar-refractivity contribution in [1.82, 2.24) is 4.98 Å². The number of aliphatic hydroxyl groups is 2. The van der Waals surface area contributed by atoms with E-state index in [1.54, 1.807) is 12.3 Å². The van der Waals surface area contributed by atoms with Gasteiger partial charge in [-0.3, -0.25) is 4.98 Å². The Morgan fingerprint density at radius 3 is 2.47 bits per heavy atom. The van der Waals surface area contributed by atoms with Gasteiger partial charge >= 0.3 is 0 Å². The van der Waals surface area contributed by atoms with E-state index in [9.17, 15) is 5.11 Å². The van der Waals surface area contributed by atoms with Crippen molar-refractivity contribution >= 4 is 5.69 Å². The van der Waals surface area contributed by atoms with Crippen molar-refractivity contribution < 1.29 is 10.2 Å². The van der Waals surface area contributed by atoms with Crippen molar-refractivity contribution in [3.63, 3.8) is 0 Å². The van der Waals surface area contributed by atoms with Gasteiger partial charge in [-0.05, 0) is 35.4 Å². The molecule has 0 aliphatic rings. The van der Waals surface area contributed by atoms with E-state index in [1.807, 2.05) is 43.3 Å². The third kappa shape index (κ3) is 2.92. The third-order valence-electron chi connectivity index (χ3n) is 3.06. The molecule has 0 atom stereocenters. The van der Waals surface area contributed by atoms with Crippen molar-refractivity contribution in [1.29, 1.82) is 0 Å². The Labute approximate surface area is 113 Å². The normalized spacial score (nSPS) is 10.5. The predicted molar refractivity (Wildman–Crippen MR) is 75.8 cm³/mol. The van der Waals surface area contributed by atoms with Crippen LogP contribution >= 0.6 is 0 Å². The number of hydrogen-bond acceptors (Lipinski definition) is 4. The van der Waals surface area contributed by atoms with E-state index in [2.05, 4.69) is 4.98 Å². The first-order valence-corrected chi connectivity index (χ1v) is 6.13. The van der Waals surface area contributed by atoms with Gasteiger partial charge in [-0.2, -0.15) is 0 Å². The molecule has 0 aliphatic heterocycles. The SMILES string of the molecule is CN(C)c1ccc(-c2cc(CO)ccn2)c(CO)c1. The van der Waals surface area contributed by atoms with Gasteiger partial charge < -0.3 is 15.1 Å². The fourth-order valence-corrected chi connectivity index (χ4v) is 1.96. The maximum absolute atomic E-state index is 9.52. The first kappa shape index (κ1) is 13.5. The van der Waals surface area contributed by atoms with Gasteiger partial charge in [0.2, 0.25) is 0 Å². The highest BCUT2D eigenvalue weighted by atomic mass is 16.3. The van der Waals surface area contributed by atoms with E-state index >= 15 is 0 Å². The molecule has 0 bridgehead atoms. The van der Waals surface area contributed by atoms with Crippen LogP contribution in [-0.2, 0) is 13.2 Å². The van der Waals surface area contributed by atoms with Gasteiger partial charge in [0.05, 0.1) is 18.9 Å². The molecule has 0 radical (unpaired) electrons. The molecule has 1 heterocycles. The summed E-state index contributed by atoms with van der Waals surface area (Å²) in [6, 6.07) is 9.49. The Bertz CT molecular complexity index is 568. The molecule has 1 aromatic carbocycles. The van der Waals surface area contributed by atoms with Crippen LogP contribution in [0, 0.1) is 0 Å². The summed E-state index contributed by atoms with van der Waals surface area (Å²) >= 11 is 0. The molecule has 2 aromatic rings. The van der Waals surface area contributed by atoms with E-state index in [-0.39, 0.29) is 13.2 Å². The summed E-state index contributed by atoms with van der Waals surface area (Å²) in [5.74, 6) is 0. The average molecular weight is 258 g/mol. The van der Waals surface area contributed by atoms with Crippen LogP contribution in [0.3, 0.4) is 0 Å². The largest absolute Gasteiger partial charge is 0.392 e. The number of anilines is 1. The van der Waals surface area contributed by atoms with E-state index in [0.717, 1.165) is 28.1 Å². The molecule has 0 aliphatic carbocycles. The third-order valence-corrected chi connectivity index (χ3v) is 3.06. The quantitative estimate of drug-likeness (QED) is 0.878. The number of hydrogen-bond donors (Lipinski definition) is 2. The zero-order valence-electron chi connectivity index (χ0n) is 11.2. The lowest BCUT2D eigenvalue weighted by atomic mass is 10.0. The van der Waals surface area contributed by atoms with Crippen LogP contribution in [0.5, 0.6) is 0 Å². The summed E-state index contributed by atoms with van der Waals surface area (Å²) in [4.78, 5) is 6.29. The maximum atomic E-state index is 9.52. The van der Waals surface area contributed by atoms with E-state index in [1.165, 1.54) is 0 Å². The van der Waals surface area contributed by atoms with Crippen LogP contribution in [0.4, 0.5) is 5.69 Å². The summed E-state index contributed by atoms with van der Waals surface area (Å²) in [5.41, 5.74) is 4.33. The molecule has 0 saturated heterocycles. The fourth-order valence-electron chi connectivity index (χ4n) is 1.96. The van der Waals surface area contributed by atoms with E-state index in [4.69, 9.17) is 5.11 Å². The molecule has 19 heavy (non-hydrogen) atoms. The predicted octanol–water partition coefficient (Wildman–Crippen LogP) is 1.80. The fraction of sp³-hybridized carbons (Fsp3) is 0.267. The molecule has 1 aromatic heterocycles. The summed E-state index contributed by atoms with van der Waals surface area (Å²) in [5, 5.41) is 18.7. The highest BCUT2D eigenvalue weighted by Crippen LogP contribution is 2.26. The highest BCUT2D eigenvalue weighted by Gasteiger charge is 2.08. The lowest BCUT2D eigenvalue weighted by molar-refractivity contribution is 0.281. The molecule has 4 heteroatoms. The second-order valence-corrected chi connectivity index (χ2v) is 4.60. The molecule has 0 amide bonds. The lowest BCUT2D eigenvalue weighted by Gasteiger charge is -2.16. The Hall–Kier alpha value is -1.91. The smallest absolute Gasteiger partial charge is 0.0709 e. The van der Waals surface area contributed by atoms with Gasteiger partial charge in [0.25, 0.3) is 0 Å². The van der Waals surface area contributed by atoms with Crippen LogP contribution in [0.25, 0.3) is 11.3 Å². The number of aliphatic hydroxyl groups excluding tert-OH is 2. The zero-order chi connectivity index (χ0) is 13.8. The molecule has 100 valence electrons.